The van der Waals surface area contributed by atoms with E-state index >= 15 is 0 Å². The SMILES string of the molecule is CC/C=C\C/C=C\C/C=C\C/C=C\CCCCC(=O)O[C@@H](COC(=O)CCCCCCC/C=C\C/C=C\CCCCC)COC(=O)CCCCCCCCC/C=C\C/C=C\CCCCC. The molecule has 0 saturated heterocycles. The van der Waals surface area contributed by atoms with Gasteiger partial charge in [-0.05, 0) is 122 Å². The van der Waals surface area contributed by atoms with Gasteiger partial charge in [0.25, 0.3) is 0 Å². The molecule has 0 aliphatic rings. The van der Waals surface area contributed by atoms with Gasteiger partial charge in [-0.2, -0.15) is 0 Å². The zero-order valence-corrected chi connectivity index (χ0v) is 42.2. The predicted octanol–water partition coefficient (Wildman–Crippen LogP) is 17.8. The van der Waals surface area contributed by atoms with E-state index in [4.69, 9.17) is 14.2 Å². The van der Waals surface area contributed by atoms with Crippen molar-refractivity contribution >= 4 is 17.9 Å². The van der Waals surface area contributed by atoms with Crippen LogP contribution in [0, 0.1) is 0 Å². The molecule has 6 nitrogen and oxygen atoms in total. The maximum absolute atomic E-state index is 12.8. The van der Waals surface area contributed by atoms with E-state index in [1.165, 1.54) is 77.0 Å². The van der Waals surface area contributed by atoms with Crippen molar-refractivity contribution in [1.29, 1.82) is 0 Å². The van der Waals surface area contributed by atoms with Crippen LogP contribution in [0.1, 0.15) is 239 Å². The van der Waals surface area contributed by atoms with Gasteiger partial charge in [-0.3, -0.25) is 14.4 Å². The molecule has 0 amide bonds. The van der Waals surface area contributed by atoms with Gasteiger partial charge in [0, 0.05) is 19.3 Å². The fourth-order valence-corrected chi connectivity index (χ4v) is 7.02. The fraction of sp³-hybridized carbons (Fsp3) is 0.678. The molecule has 0 rings (SSSR count). The van der Waals surface area contributed by atoms with E-state index in [1.54, 1.807) is 0 Å². The zero-order valence-electron chi connectivity index (χ0n) is 42.2. The summed E-state index contributed by atoms with van der Waals surface area (Å²) in [6.45, 7) is 6.41. The zero-order chi connectivity index (χ0) is 47.2. The number of hydrogen-bond acceptors (Lipinski definition) is 6. The number of carbonyl (C=O) groups is 3. The van der Waals surface area contributed by atoms with Crippen molar-refractivity contribution in [3.05, 3.63) is 97.2 Å². The van der Waals surface area contributed by atoms with Crippen molar-refractivity contribution in [2.45, 2.75) is 245 Å². The van der Waals surface area contributed by atoms with E-state index in [0.29, 0.717) is 19.3 Å². The molecule has 0 radical (unpaired) electrons. The second-order valence-corrected chi connectivity index (χ2v) is 17.4. The van der Waals surface area contributed by atoms with Gasteiger partial charge in [0.2, 0.25) is 0 Å². The Kier molecular flexibility index (Phi) is 50.0. The Bertz CT molecular complexity index is 1310. The van der Waals surface area contributed by atoms with Crippen molar-refractivity contribution in [2.75, 3.05) is 13.2 Å². The molecule has 0 fully saturated rings. The van der Waals surface area contributed by atoms with Crippen LogP contribution in [0.15, 0.2) is 97.2 Å². The van der Waals surface area contributed by atoms with Crippen LogP contribution in [0.2, 0.25) is 0 Å². The summed E-state index contributed by atoms with van der Waals surface area (Å²) < 4.78 is 16.8. The first kappa shape index (κ1) is 61.3. The maximum Gasteiger partial charge on any atom is 0.306 e. The third kappa shape index (κ3) is 51.2. The van der Waals surface area contributed by atoms with Crippen LogP contribution >= 0.6 is 0 Å². The number of ether oxygens (including phenoxy) is 3. The van der Waals surface area contributed by atoms with Gasteiger partial charge in [0.05, 0.1) is 0 Å². The average Bonchev–Trinajstić information content (AvgIpc) is 3.30. The largest absolute Gasteiger partial charge is 0.462 e. The molecule has 6 heteroatoms. The molecule has 1 atom stereocenters. The number of carbonyl (C=O) groups excluding carboxylic acids is 3. The van der Waals surface area contributed by atoms with Gasteiger partial charge in [0.1, 0.15) is 13.2 Å². The molecule has 65 heavy (non-hydrogen) atoms. The first-order valence-electron chi connectivity index (χ1n) is 26.7. The Balaban J connectivity index is 4.49. The second kappa shape index (κ2) is 52.9. The van der Waals surface area contributed by atoms with Crippen LogP contribution < -0.4 is 0 Å². The molecule has 0 aromatic carbocycles. The quantitative estimate of drug-likeness (QED) is 0.0262. The summed E-state index contributed by atoms with van der Waals surface area (Å²) in [5, 5.41) is 0. The number of hydrogen-bond donors (Lipinski definition) is 0. The molecule has 0 aromatic heterocycles. The first-order chi connectivity index (χ1) is 32.0. The molecule has 0 bridgehead atoms. The summed E-state index contributed by atoms with van der Waals surface area (Å²) in [6.07, 6.45) is 69.6. The van der Waals surface area contributed by atoms with Crippen molar-refractivity contribution in [1.82, 2.24) is 0 Å². The standard InChI is InChI=1S/C59H98O6/c1-4-7-10-13-16-19-22-25-28-29-32-34-37-40-43-46-49-52-58(61)64-55-56(65-59(62)53-50-47-44-41-38-35-31-27-24-21-18-15-12-9-6-3)54-63-57(60)51-48-45-42-39-36-33-30-26-23-20-17-14-11-8-5-2/h9,12,16-21,25-28,30-31,38,41,56H,4-8,10-11,13-15,22-24,29,32-37,39-40,42-55H2,1-3H3/b12-9-,19-16-,20-17-,21-18-,28-25-,30-26-,31-27-,41-38-/t56-/m0/s1. The highest BCUT2D eigenvalue weighted by atomic mass is 16.6. The normalized spacial score (nSPS) is 12.8. The molecule has 0 unspecified atom stereocenters. The minimum absolute atomic E-state index is 0.104. The van der Waals surface area contributed by atoms with E-state index in [1.807, 2.05) is 0 Å². The van der Waals surface area contributed by atoms with Crippen molar-refractivity contribution < 1.29 is 28.6 Å². The van der Waals surface area contributed by atoms with Crippen molar-refractivity contribution in [3.63, 3.8) is 0 Å². The van der Waals surface area contributed by atoms with Gasteiger partial charge < -0.3 is 14.2 Å². The third-order valence-corrected chi connectivity index (χ3v) is 11.0. The highest BCUT2D eigenvalue weighted by molar-refractivity contribution is 5.71. The minimum atomic E-state index is -0.809. The number of unbranched alkanes of at least 4 members (excludes halogenated alkanes) is 20. The van der Waals surface area contributed by atoms with Crippen LogP contribution in [0.3, 0.4) is 0 Å². The highest BCUT2D eigenvalue weighted by Crippen LogP contribution is 2.13. The van der Waals surface area contributed by atoms with Crippen LogP contribution in [-0.2, 0) is 28.6 Å². The topological polar surface area (TPSA) is 78.9 Å². The highest BCUT2D eigenvalue weighted by Gasteiger charge is 2.19. The van der Waals surface area contributed by atoms with E-state index in [-0.39, 0.29) is 37.5 Å². The van der Waals surface area contributed by atoms with Crippen molar-refractivity contribution in [3.8, 4) is 0 Å². The number of esters is 3. The lowest BCUT2D eigenvalue weighted by atomic mass is 10.1. The minimum Gasteiger partial charge on any atom is -0.462 e. The van der Waals surface area contributed by atoms with E-state index in [9.17, 15) is 14.4 Å². The Morgan fingerprint density at radius 1 is 0.323 bits per heavy atom. The van der Waals surface area contributed by atoms with Crippen molar-refractivity contribution in [2.24, 2.45) is 0 Å². The van der Waals surface area contributed by atoms with E-state index < -0.39 is 6.10 Å². The summed E-state index contributed by atoms with van der Waals surface area (Å²) in [7, 11) is 0. The Hall–Kier alpha value is -3.67. The first-order valence-corrected chi connectivity index (χ1v) is 26.7. The Morgan fingerprint density at radius 2 is 0.600 bits per heavy atom. The molecule has 0 spiro atoms. The van der Waals surface area contributed by atoms with Crippen LogP contribution in [-0.4, -0.2) is 37.2 Å². The molecule has 0 saturated carbocycles. The Labute approximate surface area is 400 Å². The van der Waals surface area contributed by atoms with Crippen LogP contribution in [0.5, 0.6) is 0 Å². The van der Waals surface area contributed by atoms with Gasteiger partial charge in [0.15, 0.2) is 6.10 Å². The summed E-state index contributed by atoms with van der Waals surface area (Å²) in [5.74, 6) is -0.969. The molecule has 370 valence electrons. The Morgan fingerprint density at radius 3 is 0.969 bits per heavy atom. The lowest BCUT2D eigenvalue weighted by Crippen LogP contribution is -2.30. The monoisotopic (exact) mass is 903 g/mol. The second-order valence-electron chi connectivity index (χ2n) is 17.4. The average molecular weight is 903 g/mol. The predicted molar refractivity (Wildman–Crippen MR) is 279 cm³/mol. The van der Waals surface area contributed by atoms with E-state index in [0.717, 1.165) is 116 Å². The molecule has 0 aliphatic heterocycles. The van der Waals surface area contributed by atoms with Gasteiger partial charge in [-0.25, -0.2) is 0 Å². The molecule has 0 aliphatic carbocycles. The van der Waals surface area contributed by atoms with Gasteiger partial charge in [-0.1, -0.05) is 195 Å². The van der Waals surface area contributed by atoms with Crippen LogP contribution in [0.25, 0.3) is 0 Å². The number of rotatable bonds is 47. The summed E-state index contributed by atoms with van der Waals surface area (Å²) in [4.78, 5) is 38.0. The van der Waals surface area contributed by atoms with Crippen LogP contribution in [0.4, 0.5) is 0 Å². The maximum atomic E-state index is 12.8. The molecule has 0 heterocycles. The molecular formula is C59H98O6. The molecular weight excluding hydrogens is 805 g/mol. The van der Waals surface area contributed by atoms with Gasteiger partial charge in [-0.15, -0.1) is 0 Å². The fourth-order valence-electron chi connectivity index (χ4n) is 7.02. The van der Waals surface area contributed by atoms with E-state index in [2.05, 4.69) is 118 Å². The lowest BCUT2D eigenvalue weighted by molar-refractivity contribution is -0.167. The molecule has 0 aromatic rings. The summed E-state index contributed by atoms with van der Waals surface area (Å²) >= 11 is 0. The summed E-state index contributed by atoms with van der Waals surface area (Å²) in [6, 6.07) is 0. The molecule has 0 N–H and O–H groups in total. The lowest BCUT2D eigenvalue weighted by Gasteiger charge is -2.18. The smallest absolute Gasteiger partial charge is 0.306 e. The number of allylic oxidation sites excluding steroid dienone is 16. The third-order valence-electron chi connectivity index (χ3n) is 11.0. The van der Waals surface area contributed by atoms with Gasteiger partial charge >= 0.3 is 17.9 Å². The summed E-state index contributed by atoms with van der Waals surface area (Å²) in [5.41, 5.74) is 0.